The predicted molar refractivity (Wildman–Crippen MR) is 112 cm³/mol. The molecular formula is C21H21F2N3O3S. The number of ether oxygens (including phenoxy) is 2. The number of hydrogen-bond donors (Lipinski definition) is 0. The van der Waals surface area contributed by atoms with E-state index in [-0.39, 0.29) is 11.3 Å². The Morgan fingerprint density at radius 2 is 1.83 bits per heavy atom. The van der Waals surface area contributed by atoms with Crippen molar-refractivity contribution in [3.8, 4) is 11.4 Å². The molecule has 0 atom stereocenters. The molecule has 0 amide bonds. The quantitative estimate of drug-likeness (QED) is 0.421. The van der Waals surface area contributed by atoms with Gasteiger partial charge < -0.3 is 9.47 Å². The molecule has 1 aromatic heterocycles. The first kappa shape index (κ1) is 20.8. The van der Waals surface area contributed by atoms with Crippen molar-refractivity contribution in [3.05, 3.63) is 58.9 Å². The lowest BCUT2D eigenvalue weighted by atomic mass is 10.2. The number of nitrogens with zero attached hydrogens (tertiary/aromatic N) is 3. The highest BCUT2D eigenvalue weighted by Crippen LogP contribution is 2.23. The van der Waals surface area contributed by atoms with Gasteiger partial charge in [-0.1, -0.05) is 23.9 Å². The molecule has 30 heavy (non-hydrogen) atoms. The molecule has 1 fully saturated rings. The fourth-order valence-corrected chi connectivity index (χ4v) is 4.32. The summed E-state index contributed by atoms with van der Waals surface area (Å²) >= 11 is 1.50. The minimum absolute atomic E-state index is 0.0390. The van der Waals surface area contributed by atoms with Crippen molar-refractivity contribution < 1.29 is 18.3 Å². The number of rotatable bonds is 7. The molecule has 2 heterocycles. The molecule has 0 spiro atoms. The van der Waals surface area contributed by atoms with Crippen LogP contribution in [0.5, 0.6) is 5.75 Å². The molecule has 4 rings (SSSR count). The van der Waals surface area contributed by atoms with E-state index in [1.54, 1.807) is 24.3 Å². The highest BCUT2D eigenvalue weighted by Gasteiger charge is 2.15. The highest BCUT2D eigenvalue weighted by molar-refractivity contribution is 7.99. The molecule has 1 saturated heterocycles. The lowest BCUT2D eigenvalue weighted by molar-refractivity contribution is -0.0498. The van der Waals surface area contributed by atoms with Gasteiger partial charge in [0.1, 0.15) is 5.75 Å². The van der Waals surface area contributed by atoms with Crippen molar-refractivity contribution >= 4 is 22.7 Å². The molecule has 158 valence electrons. The van der Waals surface area contributed by atoms with Gasteiger partial charge >= 0.3 is 6.61 Å². The summed E-state index contributed by atoms with van der Waals surface area (Å²) in [6.07, 6.45) is 0. The van der Waals surface area contributed by atoms with E-state index in [9.17, 15) is 13.6 Å². The number of thioether (sulfide) groups is 1. The third-order valence-corrected chi connectivity index (χ3v) is 5.73. The molecule has 3 aromatic rings. The average Bonchev–Trinajstić information content (AvgIpc) is 2.75. The van der Waals surface area contributed by atoms with Crippen molar-refractivity contribution in [2.24, 2.45) is 0 Å². The fourth-order valence-electron chi connectivity index (χ4n) is 3.30. The maximum absolute atomic E-state index is 13.2. The number of halogens is 2. The molecule has 6 nitrogen and oxygen atoms in total. The second-order valence-electron chi connectivity index (χ2n) is 6.73. The maximum Gasteiger partial charge on any atom is 0.387 e. The summed E-state index contributed by atoms with van der Waals surface area (Å²) in [5.74, 6) is 0.800. The van der Waals surface area contributed by atoms with Gasteiger partial charge in [0.2, 0.25) is 0 Å². The van der Waals surface area contributed by atoms with Crippen molar-refractivity contribution in [2.45, 2.75) is 11.8 Å². The zero-order valence-electron chi connectivity index (χ0n) is 16.2. The lowest BCUT2D eigenvalue weighted by Crippen LogP contribution is -2.37. The second-order valence-corrected chi connectivity index (χ2v) is 7.79. The first-order valence-electron chi connectivity index (χ1n) is 9.62. The zero-order valence-corrected chi connectivity index (χ0v) is 17.0. The summed E-state index contributed by atoms with van der Waals surface area (Å²) in [4.78, 5) is 20.2. The number of morpholine rings is 1. The van der Waals surface area contributed by atoms with Crippen LogP contribution in [0.25, 0.3) is 16.6 Å². The summed E-state index contributed by atoms with van der Waals surface area (Å²) in [5, 5.41) is 1.07. The van der Waals surface area contributed by atoms with Crippen LogP contribution in [0.4, 0.5) is 8.78 Å². The van der Waals surface area contributed by atoms with E-state index in [2.05, 4.69) is 9.64 Å². The number of aromatic nitrogens is 2. The van der Waals surface area contributed by atoms with Crippen molar-refractivity contribution in [3.63, 3.8) is 0 Å². The first-order chi connectivity index (χ1) is 14.6. The van der Waals surface area contributed by atoms with E-state index >= 15 is 0 Å². The zero-order chi connectivity index (χ0) is 20.9. The van der Waals surface area contributed by atoms with Crippen LogP contribution in [-0.2, 0) is 4.74 Å². The third-order valence-electron chi connectivity index (χ3n) is 4.81. The van der Waals surface area contributed by atoms with E-state index < -0.39 is 6.61 Å². The van der Waals surface area contributed by atoms with Gasteiger partial charge in [0, 0.05) is 25.4 Å². The molecule has 0 aliphatic carbocycles. The molecule has 0 radical (unpaired) electrons. The Morgan fingerprint density at radius 3 is 2.57 bits per heavy atom. The van der Waals surface area contributed by atoms with Crippen LogP contribution in [-0.4, -0.2) is 59.7 Å². The SMILES string of the molecule is O=c1c2ccccc2nc(SCCN2CCOCC2)n1-c1ccc(OC(F)F)cc1. The number of para-hydroxylation sites is 1. The number of fused-ring (bicyclic) bond motifs is 1. The first-order valence-corrected chi connectivity index (χ1v) is 10.6. The molecule has 9 heteroatoms. The normalized spacial score (nSPS) is 15.0. The van der Waals surface area contributed by atoms with Crippen LogP contribution in [0.2, 0.25) is 0 Å². The van der Waals surface area contributed by atoms with E-state index in [4.69, 9.17) is 9.72 Å². The van der Waals surface area contributed by atoms with E-state index in [1.165, 1.54) is 28.5 Å². The molecule has 2 aromatic carbocycles. The Balaban J connectivity index is 1.64. The Labute approximate surface area is 176 Å². The summed E-state index contributed by atoms with van der Waals surface area (Å²) in [6, 6.07) is 13.2. The van der Waals surface area contributed by atoms with Gasteiger partial charge in [-0.15, -0.1) is 0 Å². The van der Waals surface area contributed by atoms with Crippen molar-refractivity contribution in [1.82, 2.24) is 14.5 Å². The Hall–Kier alpha value is -2.49. The summed E-state index contributed by atoms with van der Waals surface area (Å²) in [7, 11) is 0. The van der Waals surface area contributed by atoms with Gasteiger partial charge in [-0.3, -0.25) is 14.3 Å². The minimum atomic E-state index is -2.90. The molecule has 1 aliphatic rings. The van der Waals surface area contributed by atoms with E-state index in [1.807, 2.05) is 12.1 Å². The third kappa shape index (κ3) is 4.80. The fraction of sp³-hybridized carbons (Fsp3) is 0.333. The van der Waals surface area contributed by atoms with Gasteiger partial charge in [0.25, 0.3) is 5.56 Å². The van der Waals surface area contributed by atoms with Crippen molar-refractivity contribution in [1.29, 1.82) is 0 Å². The summed E-state index contributed by atoms with van der Waals surface area (Å²) < 4.78 is 36.2. The standard InChI is InChI=1S/C21H21F2N3O3S/c22-20(23)29-16-7-5-15(6-8-16)26-19(27)17-3-1-2-4-18(17)24-21(26)30-14-11-25-9-12-28-13-10-25/h1-8,20H,9-14H2. The van der Waals surface area contributed by atoms with Gasteiger partial charge in [-0.2, -0.15) is 8.78 Å². The number of hydrogen-bond acceptors (Lipinski definition) is 6. The van der Waals surface area contributed by atoms with Crippen LogP contribution < -0.4 is 10.3 Å². The van der Waals surface area contributed by atoms with Crippen LogP contribution in [0.3, 0.4) is 0 Å². The number of alkyl halides is 2. The van der Waals surface area contributed by atoms with Crippen LogP contribution >= 0.6 is 11.8 Å². The monoisotopic (exact) mass is 433 g/mol. The largest absolute Gasteiger partial charge is 0.435 e. The van der Waals surface area contributed by atoms with Gasteiger partial charge in [0.15, 0.2) is 5.16 Å². The maximum atomic E-state index is 13.2. The van der Waals surface area contributed by atoms with Crippen LogP contribution in [0.1, 0.15) is 0 Å². The lowest BCUT2D eigenvalue weighted by Gasteiger charge is -2.26. The van der Waals surface area contributed by atoms with E-state index in [0.29, 0.717) is 21.7 Å². The second kappa shape index (κ2) is 9.55. The van der Waals surface area contributed by atoms with E-state index in [0.717, 1.165) is 38.6 Å². The van der Waals surface area contributed by atoms with Crippen molar-refractivity contribution in [2.75, 3.05) is 38.6 Å². The molecule has 0 N–H and O–H groups in total. The molecular weight excluding hydrogens is 412 g/mol. The predicted octanol–water partition coefficient (Wildman–Crippen LogP) is 3.41. The molecule has 0 unspecified atom stereocenters. The Kier molecular flexibility index (Phi) is 6.61. The highest BCUT2D eigenvalue weighted by atomic mass is 32.2. The molecule has 0 bridgehead atoms. The van der Waals surface area contributed by atoms with Gasteiger partial charge in [-0.25, -0.2) is 4.98 Å². The summed E-state index contributed by atoms with van der Waals surface area (Å²) in [5.41, 5.74) is 0.982. The molecule has 0 saturated carbocycles. The van der Waals surface area contributed by atoms with Gasteiger partial charge in [0.05, 0.1) is 29.8 Å². The van der Waals surface area contributed by atoms with Crippen LogP contribution in [0, 0.1) is 0 Å². The van der Waals surface area contributed by atoms with Gasteiger partial charge in [-0.05, 0) is 36.4 Å². The Bertz CT molecular complexity index is 1050. The van der Waals surface area contributed by atoms with Crippen LogP contribution in [0.15, 0.2) is 58.5 Å². The smallest absolute Gasteiger partial charge is 0.387 e. The summed E-state index contributed by atoms with van der Waals surface area (Å²) in [6.45, 7) is 1.21. The Morgan fingerprint density at radius 1 is 1.10 bits per heavy atom. The molecule has 1 aliphatic heterocycles. The average molecular weight is 433 g/mol. The minimum Gasteiger partial charge on any atom is -0.435 e. The number of benzene rings is 2. The topological polar surface area (TPSA) is 56.6 Å².